The van der Waals surface area contributed by atoms with Gasteiger partial charge >= 0.3 is 0 Å². The molecule has 0 aliphatic heterocycles. The molecule has 0 unspecified atom stereocenters. The molecule has 3 aromatic carbocycles. The number of ether oxygens (including phenoxy) is 1. The number of hydrogen-bond acceptors (Lipinski definition) is 3. The predicted molar refractivity (Wildman–Crippen MR) is 112 cm³/mol. The van der Waals surface area contributed by atoms with Gasteiger partial charge in [-0.25, -0.2) is 8.78 Å². The summed E-state index contributed by atoms with van der Waals surface area (Å²) >= 11 is 0. The Bertz CT molecular complexity index is 1040. The Hall–Kier alpha value is -3.74. The highest BCUT2D eigenvalue weighted by Crippen LogP contribution is 2.17. The van der Waals surface area contributed by atoms with Crippen molar-refractivity contribution in [3.8, 4) is 5.75 Å². The normalized spacial score (nSPS) is 11.5. The first-order valence-corrected chi connectivity index (χ1v) is 9.69. The summed E-state index contributed by atoms with van der Waals surface area (Å²) < 4.78 is 33.3. The first-order chi connectivity index (χ1) is 14.9. The van der Waals surface area contributed by atoms with Crippen molar-refractivity contribution in [1.29, 1.82) is 0 Å². The molecule has 0 saturated carbocycles. The molecule has 3 aromatic rings. The topological polar surface area (TPSA) is 81.4 Å². The van der Waals surface area contributed by atoms with Gasteiger partial charge in [-0.15, -0.1) is 0 Å². The van der Waals surface area contributed by atoms with E-state index in [1.165, 1.54) is 6.07 Å². The highest BCUT2D eigenvalue weighted by atomic mass is 19.1. The van der Waals surface area contributed by atoms with Gasteiger partial charge in [-0.2, -0.15) is 0 Å². The monoisotopic (exact) mass is 424 g/mol. The van der Waals surface area contributed by atoms with Crippen LogP contribution < -0.4 is 15.8 Å². The zero-order valence-electron chi connectivity index (χ0n) is 16.7. The van der Waals surface area contributed by atoms with Crippen LogP contribution in [0.4, 0.5) is 8.78 Å². The van der Waals surface area contributed by atoms with Gasteiger partial charge in [-0.05, 0) is 35.4 Å². The molecule has 0 bridgehead atoms. The van der Waals surface area contributed by atoms with Crippen LogP contribution >= 0.6 is 0 Å². The Balaban J connectivity index is 1.63. The number of primary amides is 1. The van der Waals surface area contributed by atoms with Gasteiger partial charge in [0.1, 0.15) is 30.0 Å². The van der Waals surface area contributed by atoms with E-state index in [0.717, 1.165) is 17.7 Å². The van der Waals surface area contributed by atoms with Crippen LogP contribution in [0.1, 0.15) is 16.7 Å². The summed E-state index contributed by atoms with van der Waals surface area (Å²) in [5.74, 6) is -2.50. The molecular formula is C24H22F2N2O3. The molecule has 0 radical (unpaired) electrons. The maximum atomic E-state index is 13.8. The fourth-order valence-electron chi connectivity index (χ4n) is 3.07. The maximum absolute atomic E-state index is 13.8. The molecule has 0 heterocycles. The maximum Gasteiger partial charge on any atom is 0.240 e. The Morgan fingerprint density at radius 1 is 0.903 bits per heavy atom. The lowest BCUT2D eigenvalue weighted by molar-refractivity contribution is -0.127. The van der Waals surface area contributed by atoms with E-state index < -0.39 is 35.9 Å². The highest BCUT2D eigenvalue weighted by Gasteiger charge is 2.21. The Morgan fingerprint density at radius 2 is 1.55 bits per heavy atom. The number of rotatable bonds is 9. The number of carbonyl (C=O) groups is 2. The first kappa shape index (κ1) is 22.0. The van der Waals surface area contributed by atoms with Gasteiger partial charge in [0.25, 0.3) is 0 Å². The average Bonchev–Trinajstić information content (AvgIpc) is 2.75. The van der Waals surface area contributed by atoms with E-state index in [9.17, 15) is 18.4 Å². The van der Waals surface area contributed by atoms with Crippen molar-refractivity contribution in [2.45, 2.75) is 25.5 Å². The molecule has 0 aliphatic rings. The van der Waals surface area contributed by atoms with E-state index in [4.69, 9.17) is 10.5 Å². The second kappa shape index (κ2) is 10.3. The number of nitrogens with one attached hydrogen (secondary N) is 1. The quantitative estimate of drug-likeness (QED) is 0.553. The molecule has 7 heteroatoms. The van der Waals surface area contributed by atoms with Crippen LogP contribution in [0, 0.1) is 11.6 Å². The van der Waals surface area contributed by atoms with Crippen molar-refractivity contribution < 1.29 is 23.1 Å². The molecule has 160 valence electrons. The van der Waals surface area contributed by atoms with Crippen LogP contribution in [-0.4, -0.2) is 17.9 Å². The summed E-state index contributed by atoms with van der Waals surface area (Å²) in [5, 5.41) is 2.46. The summed E-state index contributed by atoms with van der Waals surface area (Å²) in [4.78, 5) is 24.1. The lowest BCUT2D eigenvalue weighted by atomic mass is 10.0. The molecule has 0 aromatic heterocycles. The van der Waals surface area contributed by atoms with Gasteiger partial charge in [-0.3, -0.25) is 9.59 Å². The fourth-order valence-corrected chi connectivity index (χ4v) is 3.07. The molecule has 31 heavy (non-hydrogen) atoms. The third kappa shape index (κ3) is 6.37. The first-order valence-electron chi connectivity index (χ1n) is 9.69. The van der Waals surface area contributed by atoms with E-state index in [-0.39, 0.29) is 12.0 Å². The van der Waals surface area contributed by atoms with Crippen molar-refractivity contribution >= 4 is 11.8 Å². The summed E-state index contributed by atoms with van der Waals surface area (Å²) in [6.07, 6.45) is -0.425. The predicted octanol–water partition coefficient (Wildman–Crippen LogP) is 3.30. The smallest absolute Gasteiger partial charge is 0.240 e. The second-order valence-corrected chi connectivity index (χ2v) is 7.03. The zero-order valence-corrected chi connectivity index (χ0v) is 16.7. The summed E-state index contributed by atoms with van der Waals surface area (Å²) in [5.41, 5.74) is 6.79. The Labute approximate surface area is 178 Å². The number of halogens is 2. The van der Waals surface area contributed by atoms with Crippen LogP contribution in [0.5, 0.6) is 5.75 Å². The molecule has 1 atom stereocenters. The van der Waals surface area contributed by atoms with Gasteiger partial charge in [0.2, 0.25) is 11.8 Å². The van der Waals surface area contributed by atoms with Gasteiger partial charge in [0.05, 0.1) is 6.42 Å². The molecule has 0 saturated heterocycles. The fraction of sp³-hybridized carbons (Fsp3) is 0.167. The van der Waals surface area contributed by atoms with Crippen LogP contribution in [0.15, 0.2) is 72.8 Å². The third-order valence-electron chi connectivity index (χ3n) is 4.66. The van der Waals surface area contributed by atoms with E-state index >= 15 is 0 Å². The third-order valence-corrected chi connectivity index (χ3v) is 4.66. The minimum atomic E-state index is -1.04. The molecule has 5 nitrogen and oxygen atoms in total. The number of amides is 2. The molecule has 3 N–H and O–H groups in total. The van der Waals surface area contributed by atoms with Crippen LogP contribution in [0.2, 0.25) is 0 Å². The van der Waals surface area contributed by atoms with E-state index in [1.54, 1.807) is 24.3 Å². The van der Waals surface area contributed by atoms with Crippen molar-refractivity contribution in [3.05, 3.63) is 101 Å². The van der Waals surface area contributed by atoms with Crippen LogP contribution in [0.3, 0.4) is 0 Å². The van der Waals surface area contributed by atoms with Crippen molar-refractivity contribution in [1.82, 2.24) is 5.32 Å². The van der Waals surface area contributed by atoms with Gasteiger partial charge in [0, 0.05) is 12.0 Å². The second-order valence-electron chi connectivity index (χ2n) is 7.03. The van der Waals surface area contributed by atoms with Gasteiger partial charge in [0.15, 0.2) is 0 Å². The minimum Gasteiger partial charge on any atom is -0.489 e. The van der Waals surface area contributed by atoms with Crippen molar-refractivity contribution in [2.24, 2.45) is 5.73 Å². The van der Waals surface area contributed by atoms with E-state index in [2.05, 4.69) is 5.32 Å². The largest absolute Gasteiger partial charge is 0.489 e. The van der Waals surface area contributed by atoms with Gasteiger partial charge in [-0.1, -0.05) is 48.5 Å². The zero-order chi connectivity index (χ0) is 22.2. The average molecular weight is 424 g/mol. The summed E-state index contributed by atoms with van der Waals surface area (Å²) in [7, 11) is 0. The lowest BCUT2D eigenvalue weighted by Crippen LogP contribution is -2.46. The highest BCUT2D eigenvalue weighted by molar-refractivity contribution is 5.87. The van der Waals surface area contributed by atoms with Crippen LogP contribution in [-0.2, 0) is 29.0 Å². The van der Waals surface area contributed by atoms with E-state index in [0.29, 0.717) is 17.9 Å². The molecule has 0 fully saturated rings. The Morgan fingerprint density at radius 3 is 2.23 bits per heavy atom. The Kier molecular flexibility index (Phi) is 7.32. The number of hydrogen-bond donors (Lipinski definition) is 2. The van der Waals surface area contributed by atoms with Crippen molar-refractivity contribution in [2.75, 3.05) is 0 Å². The summed E-state index contributed by atoms with van der Waals surface area (Å²) in [6, 6.07) is 19.0. The molecule has 3 rings (SSSR count). The number of benzene rings is 3. The van der Waals surface area contributed by atoms with Gasteiger partial charge < -0.3 is 15.8 Å². The lowest BCUT2D eigenvalue weighted by Gasteiger charge is -2.16. The summed E-state index contributed by atoms with van der Waals surface area (Å²) in [6.45, 7) is 0.383. The molecule has 0 aliphatic carbocycles. The molecule has 0 spiro atoms. The molecule has 2 amide bonds. The van der Waals surface area contributed by atoms with Crippen LogP contribution in [0.25, 0.3) is 0 Å². The minimum absolute atomic E-state index is 0.114. The number of carbonyl (C=O) groups excluding carboxylic acids is 2. The molecular weight excluding hydrogens is 402 g/mol. The van der Waals surface area contributed by atoms with Crippen molar-refractivity contribution in [3.63, 3.8) is 0 Å². The number of nitrogens with two attached hydrogens (primary N) is 1. The van der Waals surface area contributed by atoms with E-state index in [1.807, 2.05) is 30.3 Å². The SMILES string of the molecule is NC(=O)[C@@H](Cc1cccc(OCc2ccccc2)c1)NC(=O)Cc1c(F)cccc1F. The standard InChI is InChI=1S/C24H22F2N2O3/c25-20-10-5-11-21(26)19(20)14-23(29)28-22(24(27)30)13-17-8-4-9-18(12-17)31-15-16-6-2-1-3-7-16/h1-12,22H,13-15H2,(H2,27,30)(H,28,29)/t22-/m1/s1.